The van der Waals surface area contributed by atoms with E-state index in [-0.39, 0.29) is 5.69 Å². The van der Waals surface area contributed by atoms with Gasteiger partial charge in [0.2, 0.25) is 10.0 Å². The number of nitrogens with two attached hydrogens (primary N) is 1. The van der Waals surface area contributed by atoms with Crippen LogP contribution in [0.5, 0.6) is 0 Å². The predicted molar refractivity (Wildman–Crippen MR) is 84.9 cm³/mol. The van der Waals surface area contributed by atoms with Gasteiger partial charge in [0.25, 0.3) is 5.69 Å². The van der Waals surface area contributed by atoms with Crippen LogP contribution < -0.4 is 10.5 Å². The van der Waals surface area contributed by atoms with Gasteiger partial charge in [-0.2, -0.15) is 0 Å². The fourth-order valence-corrected chi connectivity index (χ4v) is 2.58. The van der Waals surface area contributed by atoms with Crippen molar-refractivity contribution in [3.05, 3.63) is 64.2 Å². The fourth-order valence-electron chi connectivity index (χ4n) is 2.05. The first-order valence-corrected chi connectivity index (χ1v) is 8.10. The smallest absolute Gasteiger partial charge is 0.330 e. The van der Waals surface area contributed by atoms with Gasteiger partial charge in [-0.3, -0.25) is 10.1 Å². The van der Waals surface area contributed by atoms with Crippen LogP contribution in [0.25, 0.3) is 0 Å². The van der Waals surface area contributed by atoms with E-state index in [1.807, 2.05) is 0 Å². The Bertz CT molecular complexity index is 883. The summed E-state index contributed by atoms with van der Waals surface area (Å²) in [6, 6.07) is 9.77. The Kier molecular flexibility index (Phi) is 4.81. The van der Waals surface area contributed by atoms with Gasteiger partial charge in [-0.25, -0.2) is 18.4 Å². The second-order valence-electron chi connectivity index (χ2n) is 4.81. The molecule has 0 radical (unpaired) electrons. The lowest BCUT2D eigenvalue weighted by atomic mass is 10.1. The van der Waals surface area contributed by atoms with Crippen molar-refractivity contribution in [3.63, 3.8) is 0 Å². The largest absolute Gasteiger partial charge is 0.479 e. The maximum Gasteiger partial charge on any atom is 0.330 e. The fraction of sp³-hybridized carbons (Fsp3) is 0.0714. The molecule has 0 fully saturated rings. The molecule has 0 bridgehead atoms. The molecule has 1 unspecified atom stereocenters. The molecule has 0 spiro atoms. The maximum atomic E-state index is 11.5. The number of benzene rings is 2. The Morgan fingerprint density at radius 3 is 2.33 bits per heavy atom. The van der Waals surface area contributed by atoms with E-state index >= 15 is 0 Å². The Labute approximate surface area is 136 Å². The highest BCUT2D eigenvalue weighted by Crippen LogP contribution is 2.30. The van der Waals surface area contributed by atoms with Gasteiger partial charge in [-0.05, 0) is 17.7 Å². The van der Waals surface area contributed by atoms with Gasteiger partial charge in [0, 0.05) is 6.07 Å². The zero-order chi connectivity index (χ0) is 17.9. The lowest BCUT2D eigenvalue weighted by Crippen LogP contribution is -2.21. The number of sulfonamides is 1. The first-order valence-electron chi connectivity index (χ1n) is 6.55. The van der Waals surface area contributed by atoms with Crippen LogP contribution in [0, 0.1) is 10.1 Å². The van der Waals surface area contributed by atoms with E-state index in [0.717, 1.165) is 18.2 Å². The molecule has 9 nitrogen and oxygen atoms in total. The predicted octanol–water partition coefficient (Wildman–Crippen LogP) is 1.48. The molecule has 0 aliphatic heterocycles. The standard InChI is InChI=1S/C14H13N3O6S/c15-24(22,23)10-6-7-11(12(8-10)17(20)21)16-13(14(18)19)9-4-2-1-3-5-9/h1-8,13,16H,(H,18,19)(H2,15,22,23). The number of nitrogens with zero attached hydrogens (tertiary/aromatic N) is 1. The molecule has 4 N–H and O–H groups in total. The zero-order valence-electron chi connectivity index (χ0n) is 12.1. The number of hydrogen-bond donors (Lipinski definition) is 3. The van der Waals surface area contributed by atoms with Crippen molar-refractivity contribution in [1.82, 2.24) is 0 Å². The second-order valence-corrected chi connectivity index (χ2v) is 6.37. The highest BCUT2D eigenvalue weighted by molar-refractivity contribution is 7.89. The number of carboxylic acid groups (broad SMARTS) is 1. The molecule has 1 atom stereocenters. The molecule has 126 valence electrons. The lowest BCUT2D eigenvalue weighted by molar-refractivity contribution is -0.384. The monoisotopic (exact) mass is 351 g/mol. The van der Waals surface area contributed by atoms with Crippen LogP contribution in [-0.2, 0) is 14.8 Å². The van der Waals surface area contributed by atoms with Gasteiger partial charge in [0.15, 0.2) is 6.04 Å². The molecule has 10 heteroatoms. The third-order valence-electron chi connectivity index (χ3n) is 3.17. The van der Waals surface area contributed by atoms with Crippen molar-refractivity contribution in [1.29, 1.82) is 0 Å². The lowest BCUT2D eigenvalue weighted by Gasteiger charge is -2.16. The van der Waals surface area contributed by atoms with Gasteiger partial charge in [0.05, 0.1) is 9.82 Å². The van der Waals surface area contributed by atoms with Gasteiger partial charge < -0.3 is 10.4 Å². The zero-order valence-corrected chi connectivity index (χ0v) is 12.9. The van der Waals surface area contributed by atoms with Crippen LogP contribution in [-0.4, -0.2) is 24.4 Å². The number of aliphatic carboxylic acids is 1. The van der Waals surface area contributed by atoms with E-state index < -0.39 is 37.5 Å². The molecule has 0 aliphatic carbocycles. The number of anilines is 1. The SMILES string of the molecule is NS(=O)(=O)c1ccc(NC(C(=O)O)c2ccccc2)c([N+](=O)[O-])c1. The molecule has 0 saturated carbocycles. The number of carbonyl (C=O) groups is 1. The van der Waals surface area contributed by atoms with Crippen LogP contribution in [0.3, 0.4) is 0 Å². The summed E-state index contributed by atoms with van der Waals surface area (Å²) in [4.78, 5) is 21.4. The molecule has 0 aromatic heterocycles. The minimum absolute atomic E-state index is 0.136. The highest BCUT2D eigenvalue weighted by Gasteiger charge is 2.25. The third-order valence-corrected chi connectivity index (χ3v) is 4.09. The van der Waals surface area contributed by atoms with Crippen molar-refractivity contribution >= 4 is 27.4 Å². The Morgan fingerprint density at radius 2 is 1.83 bits per heavy atom. The molecular weight excluding hydrogens is 338 g/mol. The van der Waals surface area contributed by atoms with Crippen LogP contribution in [0.4, 0.5) is 11.4 Å². The van der Waals surface area contributed by atoms with E-state index in [0.29, 0.717) is 5.56 Å². The van der Waals surface area contributed by atoms with Crippen molar-refractivity contribution in [3.8, 4) is 0 Å². The van der Waals surface area contributed by atoms with Crippen molar-refractivity contribution in [2.24, 2.45) is 5.14 Å². The molecule has 0 amide bonds. The number of nitro benzene ring substituents is 1. The number of nitro groups is 1. The average Bonchev–Trinajstić information content (AvgIpc) is 2.52. The summed E-state index contributed by atoms with van der Waals surface area (Å²) in [5.74, 6) is -1.24. The van der Waals surface area contributed by atoms with Crippen molar-refractivity contribution in [2.45, 2.75) is 10.9 Å². The summed E-state index contributed by atoms with van der Waals surface area (Å²) >= 11 is 0. The van der Waals surface area contributed by atoms with Gasteiger partial charge in [-0.1, -0.05) is 30.3 Å². The van der Waals surface area contributed by atoms with E-state index in [9.17, 15) is 28.4 Å². The number of carboxylic acids is 1. The van der Waals surface area contributed by atoms with Crippen LogP contribution in [0.15, 0.2) is 53.4 Å². The topological polar surface area (TPSA) is 153 Å². The normalized spacial score (nSPS) is 12.4. The second kappa shape index (κ2) is 6.64. The van der Waals surface area contributed by atoms with Gasteiger partial charge in [-0.15, -0.1) is 0 Å². The number of rotatable bonds is 6. The van der Waals surface area contributed by atoms with Crippen molar-refractivity contribution < 1.29 is 23.2 Å². The minimum atomic E-state index is -4.12. The van der Waals surface area contributed by atoms with Crippen LogP contribution >= 0.6 is 0 Å². The molecule has 0 aliphatic rings. The molecule has 0 saturated heterocycles. The first kappa shape index (κ1) is 17.4. The van der Waals surface area contributed by atoms with E-state index in [2.05, 4.69) is 5.32 Å². The van der Waals surface area contributed by atoms with Crippen LogP contribution in [0.1, 0.15) is 11.6 Å². The summed E-state index contributed by atoms with van der Waals surface area (Å²) in [6.07, 6.45) is 0. The summed E-state index contributed by atoms with van der Waals surface area (Å²) in [5, 5.41) is 28.0. The summed E-state index contributed by atoms with van der Waals surface area (Å²) < 4.78 is 22.6. The molecular formula is C14H13N3O6S. The Morgan fingerprint density at radius 1 is 1.21 bits per heavy atom. The third kappa shape index (κ3) is 3.86. The molecule has 0 heterocycles. The highest BCUT2D eigenvalue weighted by atomic mass is 32.2. The van der Waals surface area contributed by atoms with E-state index in [1.165, 1.54) is 0 Å². The molecule has 24 heavy (non-hydrogen) atoms. The van der Waals surface area contributed by atoms with Gasteiger partial charge in [0.1, 0.15) is 5.69 Å². The van der Waals surface area contributed by atoms with Gasteiger partial charge >= 0.3 is 5.97 Å². The Hall–Kier alpha value is -2.98. The van der Waals surface area contributed by atoms with E-state index in [4.69, 9.17) is 5.14 Å². The first-order chi connectivity index (χ1) is 11.2. The summed E-state index contributed by atoms with van der Waals surface area (Å²) in [5.41, 5.74) is -0.345. The average molecular weight is 351 g/mol. The number of nitrogens with one attached hydrogen (secondary N) is 1. The minimum Gasteiger partial charge on any atom is -0.479 e. The molecule has 2 aromatic rings. The molecule has 2 aromatic carbocycles. The Balaban J connectivity index is 2.47. The van der Waals surface area contributed by atoms with Crippen molar-refractivity contribution in [2.75, 3.05) is 5.32 Å². The summed E-state index contributed by atoms with van der Waals surface area (Å²) in [6.45, 7) is 0. The number of primary sulfonamides is 1. The molecule has 2 rings (SSSR count). The maximum absolute atomic E-state index is 11.5. The van der Waals surface area contributed by atoms with E-state index in [1.54, 1.807) is 30.3 Å². The number of hydrogen-bond acceptors (Lipinski definition) is 6. The summed E-state index contributed by atoms with van der Waals surface area (Å²) in [7, 11) is -4.12. The van der Waals surface area contributed by atoms with Crippen LogP contribution in [0.2, 0.25) is 0 Å². The quantitative estimate of drug-likeness (QED) is 0.526.